The molecule has 6 heteroatoms. The van der Waals surface area contributed by atoms with Crippen LogP contribution in [0.3, 0.4) is 0 Å². The van der Waals surface area contributed by atoms with Gasteiger partial charge in [0.05, 0.1) is 53.8 Å². The van der Waals surface area contributed by atoms with Gasteiger partial charge in [-0.05, 0) is 85.6 Å². The Bertz CT molecular complexity index is 3120. The van der Waals surface area contributed by atoms with Crippen LogP contribution in [0.25, 0.3) is 77.2 Å². The molecule has 2 heterocycles. The number of fused-ring (bicyclic) bond motifs is 6. The van der Waals surface area contributed by atoms with Crippen molar-refractivity contribution in [1.29, 1.82) is 0 Å². The smallest absolute Gasteiger partial charge is 0.150 e. The summed E-state index contributed by atoms with van der Waals surface area (Å²) in [6, 6.07) is 58.3. The molecule has 0 spiro atoms. The number of aromatic nitrogens is 2. The van der Waals surface area contributed by atoms with E-state index in [9.17, 15) is 5.11 Å². The van der Waals surface area contributed by atoms with Crippen molar-refractivity contribution in [2.24, 2.45) is 0 Å². The van der Waals surface area contributed by atoms with Gasteiger partial charge in [-0.1, -0.05) is 109 Å². The van der Waals surface area contributed by atoms with Gasteiger partial charge in [-0.15, -0.1) is 0 Å². The molecular formula is C54H44N2O4. The average Bonchev–Trinajstić information content (AvgIpc) is 3.80. The second kappa shape index (κ2) is 15.4. The van der Waals surface area contributed by atoms with Crippen LogP contribution < -0.4 is 14.2 Å². The SMILES string of the molecule is COc1c(-c2ccccc2OCCCOc2ccccc2-c2cc(C)cc(-n3c4ccccc4c4ccccc43)c2O)cc(C)cc1-n1c2ccccc2c2ccccc21. The van der Waals surface area contributed by atoms with Gasteiger partial charge in [-0.3, -0.25) is 0 Å². The van der Waals surface area contributed by atoms with Crippen LogP contribution in [0, 0.1) is 13.8 Å². The van der Waals surface area contributed by atoms with E-state index in [4.69, 9.17) is 14.2 Å². The molecule has 6 nitrogen and oxygen atoms in total. The van der Waals surface area contributed by atoms with Crippen molar-refractivity contribution in [3.8, 4) is 56.6 Å². The predicted molar refractivity (Wildman–Crippen MR) is 246 cm³/mol. The summed E-state index contributed by atoms with van der Waals surface area (Å²) in [6.45, 7) is 5.06. The first-order valence-electron chi connectivity index (χ1n) is 20.4. The summed E-state index contributed by atoms with van der Waals surface area (Å²) >= 11 is 0. The third-order valence-corrected chi connectivity index (χ3v) is 11.5. The zero-order valence-electron chi connectivity index (χ0n) is 33.9. The van der Waals surface area contributed by atoms with E-state index >= 15 is 0 Å². The Kier molecular flexibility index (Phi) is 9.45. The molecule has 10 rings (SSSR count). The topological polar surface area (TPSA) is 57.8 Å². The molecule has 1 N–H and O–H groups in total. The number of hydrogen-bond acceptors (Lipinski definition) is 4. The molecule has 0 fully saturated rings. The molecule has 0 radical (unpaired) electrons. The monoisotopic (exact) mass is 784 g/mol. The van der Waals surface area contributed by atoms with Crippen molar-refractivity contribution in [2.75, 3.05) is 20.3 Å². The summed E-state index contributed by atoms with van der Waals surface area (Å²) < 4.78 is 23.7. The van der Waals surface area contributed by atoms with E-state index in [-0.39, 0.29) is 5.75 Å². The largest absolute Gasteiger partial charge is 0.505 e. The third kappa shape index (κ3) is 6.29. The molecule has 294 valence electrons. The Labute approximate surface area is 349 Å². The van der Waals surface area contributed by atoms with Crippen molar-refractivity contribution >= 4 is 43.6 Å². The molecule has 0 unspecified atom stereocenters. The summed E-state index contributed by atoms with van der Waals surface area (Å²) in [5.41, 5.74) is 11.7. The molecule has 2 aromatic heterocycles. The predicted octanol–water partition coefficient (Wildman–Crippen LogP) is 13.4. The minimum absolute atomic E-state index is 0.205. The Morgan fingerprint density at radius 3 is 1.30 bits per heavy atom. The molecule has 60 heavy (non-hydrogen) atoms. The van der Waals surface area contributed by atoms with Crippen LogP contribution in [-0.4, -0.2) is 34.6 Å². The van der Waals surface area contributed by atoms with Crippen molar-refractivity contribution in [3.63, 3.8) is 0 Å². The maximum absolute atomic E-state index is 12.0. The van der Waals surface area contributed by atoms with Gasteiger partial charge in [0, 0.05) is 50.2 Å². The van der Waals surface area contributed by atoms with E-state index in [0.717, 1.165) is 89.1 Å². The van der Waals surface area contributed by atoms with Gasteiger partial charge in [-0.2, -0.15) is 0 Å². The second-order valence-corrected chi connectivity index (χ2v) is 15.3. The van der Waals surface area contributed by atoms with Gasteiger partial charge in [0.2, 0.25) is 0 Å². The lowest BCUT2D eigenvalue weighted by molar-refractivity contribution is 0.248. The standard InChI is InChI=1S/C54H44N2O4/c1-35-31-43(53(57)49(33-35)55-45-23-10-4-17-37(45)38-18-5-11-24-46(38)55)41-21-8-14-27-51(41)59-29-16-30-60-52-28-15-9-22-42(52)44-32-36(2)34-50(54(44)58-3)56-47-25-12-6-19-39(47)40-20-7-13-26-48(40)56/h4-15,17-28,31-34,57H,16,29-30H2,1-3H3. The van der Waals surface area contributed by atoms with Crippen LogP contribution in [0.15, 0.2) is 170 Å². The van der Waals surface area contributed by atoms with Crippen LogP contribution in [0.4, 0.5) is 0 Å². The lowest BCUT2D eigenvalue weighted by Crippen LogP contribution is -2.07. The lowest BCUT2D eigenvalue weighted by atomic mass is 9.99. The molecule has 0 amide bonds. The van der Waals surface area contributed by atoms with Crippen LogP contribution >= 0.6 is 0 Å². The zero-order chi connectivity index (χ0) is 40.7. The number of rotatable bonds is 11. The quantitative estimate of drug-likeness (QED) is 0.133. The van der Waals surface area contributed by atoms with Crippen molar-refractivity contribution in [1.82, 2.24) is 9.13 Å². The second-order valence-electron chi connectivity index (χ2n) is 15.3. The van der Waals surface area contributed by atoms with Crippen LogP contribution in [0.2, 0.25) is 0 Å². The van der Waals surface area contributed by atoms with E-state index in [2.05, 4.69) is 126 Å². The molecule has 0 aliphatic heterocycles. The number of phenols is 1. The van der Waals surface area contributed by atoms with Gasteiger partial charge in [0.1, 0.15) is 17.2 Å². The zero-order valence-corrected chi connectivity index (χ0v) is 33.9. The molecule has 0 bridgehead atoms. The number of para-hydroxylation sites is 6. The molecule has 0 saturated carbocycles. The van der Waals surface area contributed by atoms with Crippen LogP contribution in [0.1, 0.15) is 17.5 Å². The molecule has 0 atom stereocenters. The first-order chi connectivity index (χ1) is 29.5. The highest BCUT2D eigenvalue weighted by atomic mass is 16.5. The Balaban J connectivity index is 0.913. The maximum Gasteiger partial charge on any atom is 0.150 e. The van der Waals surface area contributed by atoms with E-state index < -0.39 is 0 Å². The number of aryl methyl sites for hydroxylation is 2. The fourth-order valence-corrected chi connectivity index (χ4v) is 8.89. The molecule has 0 saturated heterocycles. The lowest BCUT2D eigenvalue weighted by Gasteiger charge is -2.20. The minimum atomic E-state index is 0.205. The summed E-state index contributed by atoms with van der Waals surface area (Å²) in [6.07, 6.45) is 0.645. The van der Waals surface area contributed by atoms with E-state index in [1.54, 1.807) is 7.11 Å². The number of phenolic OH excluding ortho intramolecular Hbond substituents is 1. The van der Waals surface area contributed by atoms with Gasteiger partial charge in [0.15, 0.2) is 5.75 Å². The Hall–Kier alpha value is -7.44. The van der Waals surface area contributed by atoms with Crippen molar-refractivity contribution in [3.05, 3.63) is 181 Å². The summed E-state index contributed by atoms with van der Waals surface area (Å²) in [4.78, 5) is 0. The van der Waals surface area contributed by atoms with Gasteiger partial charge in [-0.25, -0.2) is 0 Å². The third-order valence-electron chi connectivity index (χ3n) is 11.5. The van der Waals surface area contributed by atoms with Crippen molar-refractivity contribution in [2.45, 2.75) is 20.3 Å². The number of nitrogens with zero attached hydrogens (tertiary/aromatic N) is 2. The fraction of sp³-hybridized carbons (Fsp3) is 0.111. The highest BCUT2D eigenvalue weighted by Gasteiger charge is 2.22. The molecular weight excluding hydrogens is 741 g/mol. The van der Waals surface area contributed by atoms with E-state index in [0.29, 0.717) is 25.4 Å². The number of aromatic hydroxyl groups is 1. The molecule has 0 aliphatic rings. The van der Waals surface area contributed by atoms with Gasteiger partial charge in [0.25, 0.3) is 0 Å². The highest BCUT2D eigenvalue weighted by molar-refractivity contribution is 6.10. The highest BCUT2D eigenvalue weighted by Crippen LogP contribution is 2.45. The first-order valence-corrected chi connectivity index (χ1v) is 20.4. The van der Waals surface area contributed by atoms with Crippen LogP contribution in [0.5, 0.6) is 23.0 Å². The van der Waals surface area contributed by atoms with Crippen molar-refractivity contribution < 1.29 is 19.3 Å². The summed E-state index contributed by atoms with van der Waals surface area (Å²) in [5.74, 6) is 2.46. The first kappa shape index (κ1) is 36.9. The molecule has 8 aromatic carbocycles. The number of hydrogen-bond donors (Lipinski definition) is 1. The van der Waals surface area contributed by atoms with Gasteiger partial charge >= 0.3 is 0 Å². The number of benzene rings is 8. The van der Waals surface area contributed by atoms with E-state index in [1.165, 1.54) is 10.8 Å². The minimum Gasteiger partial charge on any atom is -0.505 e. The average molecular weight is 785 g/mol. The Morgan fingerprint density at radius 2 is 0.817 bits per heavy atom. The fourth-order valence-electron chi connectivity index (χ4n) is 8.89. The van der Waals surface area contributed by atoms with Crippen LogP contribution in [-0.2, 0) is 0 Å². The summed E-state index contributed by atoms with van der Waals surface area (Å²) in [5, 5.41) is 16.7. The maximum atomic E-state index is 12.0. The number of methoxy groups -OCH3 is 1. The molecule has 10 aromatic rings. The van der Waals surface area contributed by atoms with Gasteiger partial charge < -0.3 is 28.5 Å². The Morgan fingerprint density at radius 1 is 0.433 bits per heavy atom. The normalized spacial score (nSPS) is 11.5. The summed E-state index contributed by atoms with van der Waals surface area (Å²) in [7, 11) is 1.74. The number of ether oxygens (including phenoxy) is 3. The van der Waals surface area contributed by atoms with E-state index in [1.807, 2.05) is 66.7 Å². The molecule has 0 aliphatic carbocycles.